The van der Waals surface area contributed by atoms with Gasteiger partial charge in [0.25, 0.3) is 0 Å². The lowest BCUT2D eigenvalue weighted by Crippen LogP contribution is -2.37. The number of hydrogen-bond donors (Lipinski definition) is 2. The van der Waals surface area contributed by atoms with Gasteiger partial charge in [-0.05, 0) is 50.3 Å². The molecule has 7 heteroatoms. The second-order valence-corrected chi connectivity index (χ2v) is 8.51. The van der Waals surface area contributed by atoms with Crippen LogP contribution in [-0.4, -0.2) is 35.1 Å². The van der Waals surface area contributed by atoms with Crippen molar-refractivity contribution >= 4 is 29.9 Å². The van der Waals surface area contributed by atoms with Crippen molar-refractivity contribution in [1.82, 2.24) is 20.7 Å². The van der Waals surface area contributed by atoms with E-state index in [1.807, 2.05) is 6.07 Å². The number of likely N-dealkylation sites (tertiary alicyclic amines) is 1. The highest BCUT2D eigenvalue weighted by Crippen LogP contribution is 2.21. The van der Waals surface area contributed by atoms with E-state index in [4.69, 9.17) is 9.52 Å². The van der Waals surface area contributed by atoms with E-state index in [-0.39, 0.29) is 24.0 Å². The van der Waals surface area contributed by atoms with E-state index in [0.29, 0.717) is 25.0 Å². The zero-order chi connectivity index (χ0) is 21.3. The fourth-order valence-electron chi connectivity index (χ4n) is 3.84. The standard InChI is InChI=1S/C24H37N5O.HI/c1-5-25-24(27-16-22-14-23(18(2)3)28-30-22)26-15-20-11-6-7-12-21(20)17-29-13-9-8-10-19(29)4;/h6-7,11-12,14,18-19H,5,8-10,13,15-17H2,1-4H3,(H2,25,26,27);1H. The van der Waals surface area contributed by atoms with Gasteiger partial charge < -0.3 is 15.2 Å². The minimum atomic E-state index is 0. The Hall–Kier alpha value is -1.61. The highest BCUT2D eigenvalue weighted by molar-refractivity contribution is 14.0. The van der Waals surface area contributed by atoms with Crippen LogP contribution in [0, 0.1) is 0 Å². The number of guanidine groups is 1. The predicted octanol–water partition coefficient (Wildman–Crippen LogP) is 5.05. The Kier molecular flexibility index (Phi) is 10.8. The molecule has 1 aromatic carbocycles. The van der Waals surface area contributed by atoms with E-state index >= 15 is 0 Å². The van der Waals surface area contributed by atoms with Gasteiger partial charge in [0.05, 0.1) is 18.8 Å². The van der Waals surface area contributed by atoms with Gasteiger partial charge in [0.15, 0.2) is 11.7 Å². The number of aliphatic imine (C=N–C) groups is 1. The van der Waals surface area contributed by atoms with Crippen LogP contribution in [0.1, 0.15) is 75.5 Å². The SMILES string of the molecule is CCNC(=NCc1ccccc1CN1CCCCC1C)NCc1cc(C(C)C)no1.I. The molecule has 1 saturated heterocycles. The van der Waals surface area contributed by atoms with E-state index < -0.39 is 0 Å². The van der Waals surface area contributed by atoms with Crippen molar-refractivity contribution in [1.29, 1.82) is 0 Å². The van der Waals surface area contributed by atoms with E-state index in [1.165, 1.54) is 36.9 Å². The average molecular weight is 540 g/mol. The quantitative estimate of drug-likeness (QED) is 0.280. The first-order valence-corrected chi connectivity index (χ1v) is 11.3. The van der Waals surface area contributed by atoms with Gasteiger partial charge in [-0.3, -0.25) is 4.90 Å². The Morgan fingerprint density at radius 3 is 2.68 bits per heavy atom. The third kappa shape index (κ3) is 7.79. The molecule has 3 rings (SSSR count). The maximum atomic E-state index is 5.43. The van der Waals surface area contributed by atoms with Crippen molar-refractivity contribution in [3.8, 4) is 0 Å². The van der Waals surface area contributed by atoms with E-state index in [0.717, 1.165) is 30.5 Å². The normalized spacial score (nSPS) is 17.5. The summed E-state index contributed by atoms with van der Waals surface area (Å²) in [5.74, 6) is 1.98. The lowest BCUT2D eigenvalue weighted by molar-refractivity contribution is 0.152. The van der Waals surface area contributed by atoms with Crippen LogP contribution in [0.15, 0.2) is 39.8 Å². The van der Waals surface area contributed by atoms with E-state index in [9.17, 15) is 0 Å². The predicted molar refractivity (Wildman–Crippen MR) is 138 cm³/mol. The highest BCUT2D eigenvalue weighted by atomic mass is 127. The second kappa shape index (κ2) is 13.1. The maximum Gasteiger partial charge on any atom is 0.191 e. The Bertz CT molecular complexity index is 820. The van der Waals surface area contributed by atoms with Crippen molar-refractivity contribution in [3.63, 3.8) is 0 Å². The minimum absolute atomic E-state index is 0. The molecule has 2 N–H and O–H groups in total. The van der Waals surface area contributed by atoms with Crippen LogP contribution in [-0.2, 0) is 19.6 Å². The van der Waals surface area contributed by atoms with E-state index in [2.05, 4.69) is 72.7 Å². The number of halogens is 1. The summed E-state index contributed by atoms with van der Waals surface area (Å²) in [5, 5.41) is 10.8. The maximum absolute atomic E-state index is 5.43. The van der Waals surface area contributed by atoms with Crippen molar-refractivity contribution in [2.45, 2.75) is 78.6 Å². The summed E-state index contributed by atoms with van der Waals surface area (Å²) in [5.41, 5.74) is 3.64. The molecular formula is C24H38IN5O. The summed E-state index contributed by atoms with van der Waals surface area (Å²) in [7, 11) is 0. The molecule has 6 nitrogen and oxygen atoms in total. The zero-order valence-corrected chi connectivity index (χ0v) is 21.7. The molecule has 172 valence electrons. The van der Waals surface area contributed by atoms with Crippen LogP contribution in [0.25, 0.3) is 0 Å². The Labute approximate surface area is 204 Å². The van der Waals surface area contributed by atoms with Crippen molar-refractivity contribution in [2.75, 3.05) is 13.1 Å². The first kappa shape index (κ1) is 25.6. The van der Waals surface area contributed by atoms with Gasteiger partial charge >= 0.3 is 0 Å². The number of aromatic nitrogens is 1. The van der Waals surface area contributed by atoms with Crippen LogP contribution in [0.3, 0.4) is 0 Å². The number of rotatable bonds is 8. The van der Waals surface area contributed by atoms with Crippen molar-refractivity contribution < 1.29 is 4.52 Å². The summed E-state index contributed by atoms with van der Waals surface area (Å²) >= 11 is 0. The molecule has 1 aliphatic rings. The zero-order valence-electron chi connectivity index (χ0n) is 19.4. The van der Waals surface area contributed by atoms with Gasteiger partial charge in [-0.1, -0.05) is 49.7 Å². The smallest absolute Gasteiger partial charge is 0.191 e. The molecule has 1 unspecified atom stereocenters. The molecule has 1 aromatic heterocycles. The van der Waals surface area contributed by atoms with Gasteiger partial charge in [-0.15, -0.1) is 24.0 Å². The first-order chi connectivity index (χ1) is 14.6. The van der Waals surface area contributed by atoms with Gasteiger partial charge in [-0.25, -0.2) is 4.99 Å². The van der Waals surface area contributed by atoms with Crippen LogP contribution < -0.4 is 10.6 Å². The van der Waals surface area contributed by atoms with Gasteiger partial charge in [0, 0.05) is 25.2 Å². The Morgan fingerprint density at radius 1 is 1.23 bits per heavy atom. The minimum Gasteiger partial charge on any atom is -0.359 e. The first-order valence-electron chi connectivity index (χ1n) is 11.3. The number of hydrogen-bond acceptors (Lipinski definition) is 4. The Morgan fingerprint density at radius 2 is 2.00 bits per heavy atom. The summed E-state index contributed by atoms with van der Waals surface area (Å²) < 4.78 is 5.43. The fourth-order valence-corrected chi connectivity index (χ4v) is 3.84. The highest BCUT2D eigenvalue weighted by Gasteiger charge is 2.19. The van der Waals surface area contributed by atoms with Crippen LogP contribution in [0.2, 0.25) is 0 Å². The summed E-state index contributed by atoms with van der Waals surface area (Å²) in [4.78, 5) is 7.43. The molecule has 2 heterocycles. The van der Waals surface area contributed by atoms with E-state index in [1.54, 1.807) is 0 Å². The van der Waals surface area contributed by atoms with Crippen LogP contribution in [0.5, 0.6) is 0 Å². The largest absolute Gasteiger partial charge is 0.359 e. The molecule has 1 atom stereocenters. The monoisotopic (exact) mass is 539 g/mol. The number of nitrogens with zero attached hydrogens (tertiary/aromatic N) is 3. The molecule has 1 aliphatic heterocycles. The van der Waals surface area contributed by atoms with Crippen LogP contribution >= 0.6 is 24.0 Å². The van der Waals surface area contributed by atoms with Gasteiger partial charge in [-0.2, -0.15) is 0 Å². The number of benzene rings is 1. The molecular weight excluding hydrogens is 501 g/mol. The summed E-state index contributed by atoms with van der Waals surface area (Å²) in [6.07, 6.45) is 3.96. The van der Waals surface area contributed by atoms with Crippen LogP contribution in [0.4, 0.5) is 0 Å². The molecule has 0 spiro atoms. The lowest BCUT2D eigenvalue weighted by Gasteiger charge is -2.33. The van der Waals surface area contributed by atoms with Gasteiger partial charge in [0.2, 0.25) is 0 Å². The molecule has 0 radical (unpaired) electrons. The third-order valence-electron chi connectivity index (χ3n) is 5.78. The molecule has 2 aromatic rings. The van der Waals surface area contributed by atoms with Crippen molar-refractivity contribution in [2.24, 2.45) is 4.99 Å². The average Bonchev–Trinajstić information content (AvgIpc) is 3.22. The number of nitrogens with one attached hydrogen (secondary N) is 2. The van der Waals surface area contributed by atoms with Gasteiger partial charge in [0.1, 0.15) is 0 Å². The molecule has 31 heavy (non-hydrogen) atoms. The molecule has 0 saturated carbocycles. The topological polar surface area (TPSA) is 65.7 Å². The van der Waals surface area contributed by atoms with Crippen molar-refractivity contribution in [3.05, 3.63) is 52.9 Å². The molecule has 0 bridgehead atoms. The molecule has 0 aliphatic carbocycles. The third-order valence-corrected chi connectivity index (χ3v) is 5.78. The number of piperidine rings is 1. The summed E-state index contributed by atoms with van der Waals surface area (Å²) in [6.45, 7) is 12.9. The Balaban J connectivity index is 0.00000341. The fraction of sp³-hybridized carbons (Fsp3) is 0.583. The molecule has 1 fully saturated rings. The molecule has 0 amide bonds. The lowest BCUT2D eigenvalue weighted by atomic mass is 10.0. The summed E-state index contributed by atoms with van der Waals surface area (Å²) in [6, 6.07) is 11.4. The second-order valence-electron chi connectivity index (χ2n) is 8.51.